The van der Waals surface area contributed by atoms with Gasteiger partial charge in [-0.25, -0.2) is 9.38 Å². The number of hydrogen-bond donors (Lipinski definition) is 3. The van der Waals surface area contributed by atoms with Crippen molar-refractivity contribution in [1.29, 1.82) is 0 Å². The fraction of sp³-hybridized carbons (Fsp3) is 0.621. The molecular weight excluding hydrogens is 515 g/mol. The van der Waals surface area contributed by atoms with Gasteiger partial charge in [0.15, 0.2) is 0 Å². The molecule has 4 fully saturated rings. The Hall–Kier alpha value is -3.34. The van der Waals surface area contributed by atoms with E-state index in [0.29, 0.717) is 36.0 Å². The number of anilines is 1. The van der Waals surface area contributed by atoms with Gasteiger partial charge >= 0.3 is 0 Å². The largest absolute Gasteiger partial charge is 0.390 e. The Morgan fingerprint density at radius 3 is 2.38 bits per heavy atom. The maximum atomic E-state index is 15.0. The van der Waals surface area contributed by atoms with Gasteiger partial charge in [-0.05, 0) is 87.1 Å². The van der Waals surface area contributed by atoms with Crippen molar-refractivity contribution in [3.8, 4) is 0 Å². The first-order valence-corrected chi connectivity index (χ1v) is 14.4. The first-order chi connectivity index (χ1) is 19.3. The Kier molecular flexibility index (Phi) is 10.2. The molecule has 0 radical (unpaired) electrons. The molecule has 0 aromatic heterocycles. The highest BCUT2D eigenvalue weighted by molar-refractivity contribution is 6.01. The van der Waals surface area contributed by atoms with Crippen LogP contribution in [0.5, 0.6) is 0 Å². The van der Waals surface area contributed by atoms with Crippen LogP contribution in [0.4, 0.5) is 10.1 Å². The van der Waals surface area contributed by atoms with E-state index in [1.807, 2.05) is 12.1 Å². The summed E-state index contributed by atoms with van der Waals surface area (Å²) in [6, 6.07) is 4.54. The molecule has 10 nitrogen and oxygen atoms in total. The lowest BCUT2D eigenvalue weighted by atomic mass is 9.77. The van der Waals surface area contributed by atoms with E-state index in [-0.39, 0.29) is 35.9 Å². The number of hydrogen-bond acceptors (Lipinski definition) is 6. The van der Waals surface area contributed by atoms with Crippen molar-refractivity contribution in [3.63, 3.8) is 0 Å². The van der Waals surface area contributed by atoms with E-state index in [1.54, 1.807) is 0 Å². The molecule has 0 bridgehead atoms. The average Bonchev–Trinajstić information content (AvgIpc) is 3.40. The van der Waals surface area contributed by atoms with Gasteiger partial charge in [-0.2, -0.15) is 0 Å². The Morgan fingerprint density at radius 1 is 1.10 bits per heavy atom. The van der Waals surface area contributed by atoms with E-state index in [2.05, 4.69) is 31.2 Å². The molecule has 40 heavy (non-hydrogen) atoms. The van der Waals surface area contributed by atoms with E-state index in [9.17, 15) is 18.8 Å². The van der Waals surface area contributed by atoms with Crippen molar-refractivity contribution >= 4 is 36.2 Å². The molecule has 1 atom stereocenters. The van der Waals surface area contributed by atoms with Crippen LogP contribution in [0.15, 0.2) is 23.2 Å². The van der Waals surface area contributed by atoms with E-state index < -0.39 is 6.04 Å². The third-order valence-corrected chi connectivity index (χ3v) is 8.95. The summed E-state index contributed by atoms with van der Waals surface area (Å²) in [5, 5.41) is 5.35. The number of rotatable bonds is 6. The monoisotopic (exact) mass is 556 g/mol. The number of imide groups is 1. The summed E-state index contributed by atoms with van der Waals surface area (Å²) in [5.41, 5.74) is 6.38. The molecule has 3 heterocycles. The molecule has 1 unspecified atom stereocenters. The van der Waals surface area contributed by atoms with Crippen molar-refractivity contribution in [2.45, 2.75) is 76.2 Å². The van der Waals surface area contributed by atoms with E-state index in [1.165, 1.54) is 31.7 Å². The van der Waals surface area contributed by atoms with Gasteiger partial charge < -0.3 is 16.0 Å². The molecule has 4 amide bonds. The molecule has 5 rings (SSSR count). The molecule has 1 aromatic carbocycles. The molecule has 1 aliphatic carbocycles. The number of amides is 4. The highest BCUT2D eigenvalue weighted by Crippen LogP contribution is 2.46. The maximum Gasteiger partial charge on any atom is 0.249 e. The highest BCUT2D eigenvalue weighted by atomic mass is 19.1. The number of nitrogens with one attached hydrogen (secondary N) is 2. The molecule has 11 heteroatoms. The molecule has 3 aliphatic heterocycles. The van der Waals surface area contributed by atoms with Crippen LogP contribution in [0.2, 0.25) is 0 Å². The standard InChI is InChI=1S/C27H37FN4O3.C2H4N2O/c28-22-17-20(29-23-5-6-24(33)30-26(23)35)3-4-21(22)19-7-13-31(14-8-19)18-25(34)32-15-11-27(12-16-32)9-1-2-10-27;3-1-4-2-5/h3-4,17,19,23,29H,1-2,5-16,18H2,(H,30,33,35);1-2H,(H2,3,4,5). The van der Waals surface area contributed by atoms with Crippen LogP contribution in [-0.2, 0) is 19.2 Å². The van der Waals surface area contributed by atoms with Crippen LogP contribution >= 0.6 is 0 Å². The zero-order valence-corrected chi connectivity index (χ0v) is 23.1. The summed E-state index contributed by atoms with van der Waals surface area (Å²) in [6.45, 7) is 3.87. The molecule has 1 aromatic rings. The fourth-order valence-electron chi connectivity index (χ4n) is 6.56. The van der Waals surface area contributed by atoms with Gasteiger partial charge in [-0.3, -0.25) is 29.4 Å². The summed E-state index contributed by atoms with van der Waals surface area (Å²) in [4.78, 5) is 52.5. The zero-order valence-electron chi connectivity index (χ0n) is 23.1. The van der Waals surface area contributed by atoms with Gasteiger partial charge in [0.25, 0.3) is 0 Å². The van der Waals surface area contributed by atoms with Gasteiger partial charge in [0.1, 0.15) is 11.9 Å². The quantitative estimate of drug-likeness (QED) is 0.212. The predicted octanol–water partition coefficient (Wildman–Crippen LogP) is 2.53. The molecule has 4 N–H and O–H groups in total. The second kappa shape index (κ2) is 13.8. The SMILES string of the molecule is NC=NC=O.O=C1CCC(Nc2ccc(C3CCN(CC(=O)N4CCC5(CCCC5)CC4)CC3)c(F)c2)C(=O)N1. The summed E-state index contributed by atoms with van der Waals surface area (Å²) in [7, 11) is 0. The molecule has 1 spiro atoms. The maximum absolute atomic E-state index is 15.0. The summed E-state index contributed by atoms with van der Waals surface area (Å²) >= 11 is 0. The number of carbonyl (C=O) groups is 4. The minimum atomic E-state index is -0.526. The molecule has 1 saturated carbocycles. The third-order valence-electron chi connectivity index (χ3n) is 8.95. The Labute approximate surface area is 234 Å². The van der Waals surface area contributed by atoms with Gasteiger partial charge in [-0.15, -0.1) is 0 Å². The van der Waals surface area contributed by atoms with E-state index >= 15 is 0 Å². The lowest BCUT2D eigenvalue weighted by Gasteiger charge is -2.40. The van der Waals surface area contributed by atoms with Crippen LogP contribution in [0, 0.1) is 11.2 Å². The molecule has 3 saturated heterocycles. The predicted molar refractivity (Wildman–Crippen MR) is 150 cm³/mol. The van der Waals surface area contributed by atoms with Crippen LogP contribution in [0.1, 0.15) is 75.7 Å². The van der Waals surface area contributed by atoms with E-state index in [4.69, 9.17) is 4.79 Å². The Bertz CT molecular complexity index is 1090. The number of likely N-dealkylation sites (tertiary alicyclic amines) is 2. The Balaban J connectivity index is 0.000000681. The number of halogens is 1. The molecule has 218 valence electrons. The van der Waals surface area contributed by atoms with Gasteiger partial charge in [0, 0.05) is 25.2 Å². The number of nitrogens with zero attached hydrogens (tertiary/aromatic N) is 3. The van der Waals surface area contributed by atoms with Crippen LogP contribution in [0.25, 0.3) is 0 Å². The third kappa shape index (κ3) is 7.65. The van der Waals surface area contributed by atoms with E-state index in [0.717, 1.165) is 58.2 Å². The number of benzene rings is 1. The first kappa shape index (κ1) is 29.6. The van der Waals surface area contributed by atoms with Gasteiger partial charge in [0.05, 0.1) is 12.9 Å². The fourth-order valence-corrected chi connectivity index (χ4v) is 6.56. The smallest absolute Gasteiger partial charge is 0.249 e. The van der Waals surface area contributed by atoms with Gasteiger partial charge in [0.2, 0.25) is 24.1 Å². The zero-order chi connectivity index (χ0) is 28.5. The van der Waals surface area contributed by atoms with Gasteiger partial charge in [-0.1, -0.05) is 18.9 Å². The number of aliphatic imine (C=N–C) groups is 1. The van der Waals surface area contributed by atoms with Crippen molar-refractivity contribution in [2.75, 3.05) is 38.0 Å². The Morgan fingerprint density at radius 2 is 1.80 bits per heavy atom. The van der Waals surface area contributed by atoms with Crippen LogP contribution in [0.3, 0.4) is 0 Å². The summed E-state index contributed by atoms with van der Waals surface area (Å²) < 4.78 is 15.0. The van der Waals surface area contributed by atoms with Crippen molar-refractivity contribution < 1.29 is 23.6 Å². The topological polar surface area (TPSA) is 137 Å². The number of nitrogens with two attached hydrogens (primary N) is 1. The number of carbonyl (C=O) groups excluding carboxylic acids is 4. The average molecular weight is 557 g/mol. The number of piperidine rings is 3. The van der Waals surface area contributed by atoms with Crippen molar-refractivity contribution in [2.24, 2.45) is 16.1 Å². The second-order valence-corrected chi connectivity index (χ2v) is 11.4. The lowest BCUT2D eigenvalue weighted by molar-refractivity contribution is -0.135. The molecule has 4 aliphatic rings. The van der Waals surface area contributed by atoms with Crippen molar-refractivity contribution in [1.82, 2.24) is 15.1 Å². The minimum Gasteiger partial charge on any atom is -0.390 e. The van der Waals surface area contributed by atoms with Crippen LogP contribution in [-0.4, -0.2) is 79.0 Å². The summed E-state index contributed by atoms with van der Waals surface area (Å²) in [6.07, 6.45) is 11.4. The second-order valence-electron chi connectivity index (χ2n) is 11.4. The normalized spacial score (nSPS) is 23.5. The first-order valence-electron chi connectivity index (χ1n) is 14.4. The van der Waals surface area contributed by atoms with Crippen LogP contribution < -0.4 is 16.4 Å². The highest BCUT2D eigenvalue weighted by Gasteiger charge is 2.38. The summed E-state index contributed by atoms with van der Waals surface area (Å²) in [5.74, 6) is -0.535. The van der Waals surface area contributed by atoms with Crippen molar-refractivity contribution in [3.05, 3.63) is 29.6 Å². The molecular formula is C29H41FN6O4. The minimum absolute atomic E-state index is 0.128. The lowest BCUT2D eigenvalue weighted by Crippen LogP contribution is -2.47.